The summed E-state index contributed by atoms with van der Waals surface area (Å²) in [7, 11) is 0. The molecule has 0 nitrogen and oxygen atoms in total. The van der Waals surface area contributed by atoms with Gasteiger partial charge < -0.3 is 0 Å². The normalized spacial score (nSPS) is 28.1. The molecule has 0 heterocycles. The van der Waals surface area contributed by atoms with E-state index in [-0.39, 0.29) is 5.92 Å². The van der Waals surface area contributed by atoms with Gasteiger partial charge in [0.25, 0.3) is 0 Å². The van der Waals surface area contributed by atoms with E-state index in [2.05, 4.69) is 19.1 Å². The lowest BCUT2D eigenvalue weighted by Crippen LogP contribution is -2.18. The highest BCUT2D eigenvalue weighted by Crippen LogP contribution is 2.40. The number of halogens is 3. The summed E-state index contributed by atoms with van der Waals surface area (Å²) in [5, 5.41) is 0. The number of hydrogen-bond donors (Lipinski definition) is 0. The number of rotatable bonds is 8. The van der Waals surface area contributed by atoms with Gasteiger partial charge in [-0.15, -0.1) is 0 Å². The van der Waals surface area contributed by atoms with Crippen LogP contribution in [0.3, 0.4) is 0 Å². The second-order valence-electron chi connectivity index (χ2n) is 9.48. The molecule has 1 aromatic rings. The third-order valence-electron chi connectivity index (χ3n) is 7.37. The van der Waals surface area contributed by atoms with Gasteiger partial charge in [0.1, 0.15) is 0 Å². The molecule has 3 heteroatoms. The summed E-state index contributed by atoms with van der Waals surface area (Å²) in [5.74, 6) is -0.760. The van der Waals surface area contributed by atoms with Gasteiger partial charge in [-0.25, -0.2) is 13.2 Å². The maximum Gasteiger partial charge on any atom is 0.194 e. The molecule has 0 atom stereocenters. The number of unbranched alkanes of at least 4 members (excludes halogenated alkanes) is 1. The Morgan fingerprint density at radius 3 is 1.83 bits per heavy atom. The summed E-state index contributed by atoms with van der Waals surface area (Å²) in [4.78, 5) is 0. The van der Waals surface area contributed by atoms with Crippen molar-refractivity contribution in [3.63, 3.8) is 0 Å². The molecule has 0 spiro atoms. The maximum absolute atomic E-state index is 13.5. The molecule has 0 amide bonds. The average Bonchev–Trinajstić information content (AvgIpc) is 2.74. The van der Waals surface area contributed by atoms with E-state index in [9.17, 15) is 13.2 Å². The van der Waals surface area contributed by atoms with E-state index < -0.39 is 17.5 Å². The van der Waals surface area contributed by atoms with Crippen LogP contribution >= 0.6 is 0 Å². The van der Waals surface area contributed by atoms with Crippen LogP contribution in [0.15, 0.2) is 24.3 Å². The molecule has 0 aliphatic heterocycles. The highest BCUT2D eigenvalue weighted by Gasteiger charge is 2.26. The van der Waals surface area contributed by atoms with Crippen LogP contribution in [0.4, 0.5) is 13.2 Å². The zero-order chi connectivity index (χ0) is 20.6. The molecule has 0 unspecified atom stereocenters. The molecule has 2 aliphatic carbocycles. The van der Waals surface area contributed by atoms with Gasteiger partial charge in [0.05, 0.1) is 0 Å². The van der Waals surface area contributed by atoms with Gasteiger partial charge in [0.15, 0.2) is 17.5 Å². The fraction of sp³-hybridized carbons (Fsp3) is 0.692. The van der Waals surface area contributed by atoms with Gasteiger partial charge >= 0.3 is 0 Å². The van der Waals surface area contributed by atoms with E-state index in [1.54, 1.807) is 0 Å². The first-order valence-electron chi connectivity index (χ1n) is 11.9. The molecule has 162 valence electrons. The maximum atomic E-state index is 13.5. The quantitative estimate of drug-likeness (QED) is 0.299. The van der Waals surface area contributed by atoms with Gasteiger partial charge in [0.2, 0.25) is 0 Å². The van der Waals surface area contributed by atoms with Crippen LogP contribution in [0.1, 0.15) is 102 Å². The molecule has 2 aliphatic rings. The Morgan fingerprint density at radius 1 is 0.759 bits per heavy atom. The van der Waals surface area contributed by atoms with Crippen molar-refractivity contribution in [3.8, 4) is 0 Å². The average molecular weight is 407 g/mol. The molecular weight excluding hydrogens is 369 g/mol. The minimum atomic E-state index is -1.35. The van der Waals surface area contributed by atoms with Gasteiger partial charge in [-0.2, -0.15) is 0 Å². The van der Waals surface area contributed by atoms with Gasteiger partial charge in [0, 0.05) is 0 Å². The van der Waals surface area contributed by atoms with Crippen molar-refractivity contribution < 1.29 is 13.2 Å². The lowest BCUT2D eigenvalue weighted by molar-refractivity contribution is 0.231. The first-order valence-corrected chi connectivity index (χ1v) is 11.9. The molecular formula is C26H37F3. The van der Waals surface area contributed by atoms with E-state index in [0.29, 0.717) is 5.56 Å². The van der Waals surface area contributed by atoms with Crippen LogP contribution in [-0.2, 0) is 0 Å². The Kier molecular flexibility index (Phi) is 8.68. The van der Waals surface area contributed by atoms with Crippen LogP contribution in [0.5, 0.6) is 0 Å². The standard InChI is InChI=1S/C26H37F3/c1-2-3-4-5-6-19-7-9-20(10-8-19)11-12-21-13-15-22(16-14-21)23-17-24(27)26(29)25(28)18-23/h4-5,17-22H,2-3,6-16H2,1H3/b5-4+. The Hall–Kier alpha value is -1.25. The van der Waals surface area contributed by atoms with Crippen LogP contribution in [-0.4, -0.2) is 0 Å². The van der Waals surface area contributed by atoms with Gasteiger partial charge in [-0.1, -0.05) is 51.2 Å². The van der Waals surface area contributed by atoms with Gasteiger partial charge in [-0.05, 0) is 92.7 Å². The Bertz CT molecular complexity index is 627. The van der Waals surface area contributed by atoms with Crippen molar-refractivity contribution in [1.82, 2.24) is 0 Å². The number of benzene rings is 1. The molecule has 0 bridgehead atoms. The lowest BCUT2D eigenvalue weighted by Gasteiger charge is -2.32. The highest BCUT2D eigenvalue weighted by atomic mass is 19.2. The summed E-state index contributed by atoms with van der Waals surface area (Å²) >= 11 is 0. The smallest absolute Gasteiger partial charge is 0.194 e. The van der Waals surface area contributed by atoms with Crippen molar-refractivity contribution in [2.45, 2.75) is 96.3 Å². The highest BCUT2D eigenvalue weighted by molar-refractivity contribution is 5.23. The fourth-order valence-electron chi connectivity index (χ4n) is 5.40. The Balaban J connectivity index is 1.35. The van der Waals surface area contributed by atoms with Crippen molar-refractivity contribution in [2.24, 2.45) is 17.8 Å². The van der Waals surface area contributed by atoms with Crippen molar-refractivity contribution >= 4 is 0 Å². The molecule has 0 radical (unpaired) electrons. The first kappa shape index (κ1) is 22.4. The minimum Gasteiger partial charge on any atom is -0.204 e. The van der Waals surface area contributed by atoms with E-state index in [4.69, 9.17) is 0 Å². The van der Waals surface area contributed by atoms with Crippen molar-refractivity contribution in [3.05, 3.63) is 47.3 Å². The van der Waals surface area contributed by atoms with Crippen LogP contribution in [0, 0.1) is 35.2 Å². The van der Waals surface area contributed by atoms with E-state index in [1.165, 1.54) is 69.9 Å². The van der Waals surface area contributed by atoms with Crippen LogP contribution in [0.25, 0.3) is 0 Å². The number of allylic oxidation sites excluding steroid dienone is 2. The zero-order valence-electron chi connectivity index (χ0n) is 17.9. The van der Waals surface area contributed by atoms with E-state index >= 15 is 0 Å². The second-order valence-corrected chi connectivity index (χ2v) is 9.48. The molecule has 3 rings (SSSR count). The summed E-state index contributed by atoms with van der Waals surface area (Å²) in [6.45, 7) is 2.23. The molecule has 1 aromatic carbocycles. The van der Waals surface area contributed by atoms with E-state index in [0.717, 1.165) is 43.4 Å². The van der Waals surface area contributed by atoms with Crippen molar-refractivity contribution in [1.29, 1.82) is 0 Å². The molecule has 2 fully saturated rings. The Morgan fingerprint density at radius 2 is 1.28 bits per heavy atom. The van der Waals surface area contributed by atoms with Crippen molar-refractivity contribution in [2.75, 3.05) is 0 Å². The zero-order valence-corrected chi connectivity index (χ0v) is 17.9. The Labute approximate surface area is 175 Å². The predicted octanol–water partition coefficient (Wildman–Crippen LogP) is 8.71. The number of hydrogen-bond acceptors (Lipinski definition) is 0. The monoisotopic (exact) mass is 406 g/mol. The first-order chi connectivity index (χ1) is 14.1. The van der Waals surface area contributed by atoms with Crippen LogP contribution in [0.2, 0.25) is 0 Å². The topological polar surface area (TPSA) is 0 Å². The third kappa shape index (κ3) is 6.62. The summed E-state index contributed by atoms with van der Waals surface area (Å²) in [6.07, 6.45) is 20.8. The largest absolute Gasteiger partial charge is 0.204 e. The van der Waals surface area contributed by atoms with Gasteiger partial charge in [-0.3, -0.25) is 0 Å². The summed E-state index contributed by atoms with van der Waals surface area (Å²) < 4.78 is 40.2. The lowest BCUT2D eigenvalue weighted by atomic mass is 9.74. The summed E-state index contributed by atoms with van der Waals surface area (Å²) in [5.41, 5.74) is 0.631. The third-order valence-corrected chi connectivity index (χ3v) is 7.37. The molecule has 2 saturated carbocycles. The fourth-order valence-corrected chi connectivity index (χ4v) is 5.40. The molecule has 29 heavy (non-hydrogen) atoms. The summed E-state index contributed by atoms with van der Waals surface area (Å²) in [6, 6.07) is 2.39. The second kappa shape index (κ2) is 11.2. The van der Waals surface area contributed by atoms with Crippen LogP contribution < -0.4 is 0 Å². The molecule has 0 saturated heterocycles. The molecule has 0 N–H and O–H groups in total. The van der Waals surface area contributed by atoms with E-state index in [1.807, 2.05) is 0 Å². The SMILES string of the molecule is CCC/C=C/CC1CCC(CCC2CCC(c3cc(F)c(F)c(F)c3)CC2)CC1. The molecule has 0 aromatic heterocycles. The predicted molar refractivity (Wildman–Crippen MR) is 114 cm³/mol. The minimum absolute atomic E-state index is 0.173.